The van der Waals surface area contributed by atoms with Gasteiger partial charge in [-0.1, -0.05) is 24.3 Å². The van der Waals surface area contributed by atoms with Crippen molar-refractivity contribution in [2.45, 2.75) is 19.1 Å². The number of amides is 1. The molecule has 0 saturated heterocycles. The molecule has 5 nitrogen and oxygen atoms in total. The summed E-state index contributed by atoms with van der Waals surface area (Å²) in [4.78, 5) is 21.3. The van der Waals surface area contributed by atoms with Gasteiger partial charge < -0.3 is 11.1 Å². The predicted molar refractivity (Wildman–Crippen MR) is 108 cm³/mol. The van der Waals surface area contributed by atoms with Crippen LogP contribution in [-0.2, 0) is 0 Å². The van der Waals surface area contributed by atoms with Gasteiger partial charge >= 0.3 is 0 Å². The minimum absolute atomic E-state index is 0.215. The Hall–Kier alpha value is -2.86. The topological polar surface area (TPSA) is 80.9 Å². The zero-order valence-electron chi connectivity index (χ0n) is 14.6. The molecule has 1 aromatic heterocycles. The van der Waals surface area contributed by atoms with Crippen LogP contribution in [0.1, 0.15) is 38.4 Å². The van der Waals surface area contributed by atoms with Gasteiger partial charge in [0.1, 0.15) is 5.82 Å². The van der Waals surface area contributed by atoms with Crippen LogP contribution in [0, 0.1) is 13.8 Å². The number of nitrogens with zero attached hydrogens (tertiary/aromatic N) is 2. The lowest BCUT2D eigenvalue weighted by Crippen LogP contribution is -2.13. The molecule has 3 N–H and O–H groups in total. The number of nitrogens with two attached hydrogens (primary N) is 1. The number of carbonyl (C=O) groups excluding carboxylic acids is 1. The quantitative estimate of drug-likeness (QED) is 0.484. The summed E-state index contributed by atoms with van der Waals surface area (Å²) in [6, 6.07) is 16.3. The third kappa shape index (κ3) is 4.03. The summed E-state index contributed by atoms with van der Waals surface area (Å²) >= 11 is 4.64. The van der Waals surface area contributed by atoms with Gasteiger partial charge in [0.05, 0.1) is 16.6 Å². The number of aromatic nitrogens is 2. The van der Waals surface area contributed by atoms with E-state index < -0.39 is 0 Å². The SMILES string of the molecule is Cc1cc(C)nc(C(S)c2ccc(C(=O)Nc3ccccc3N)cc2)n1. The van der Waals surface area contributed by atoms with Crippen molar-refractivity contribution in [3.05, 3.63) is 82.9 Å². The van der Waals surface area contributed by atoms with Crippen molar-refractivity contribution in [3.8, 4) is 0 Å². The van der Waals surface area contributed by atoms with Crippen molar-refractivity contribution in [1.82, 2.24) is 9.97 Å². The van der Waals surface area contributed by atoms with Crippen molar-refractivity contribution in [3.63, 3.8) is 0 Å². The normalized spacial score (nSPS) is 11.8. The largest absolute Gasteiger partial charge is 0.397 e. The molecule has 0 saturated carbocycles. The second kappa shape index (κ2) is 7.58. The van der Waals surface area contributed by atoms with E-state index in [1.165, 1.54) is 0 Å². The number of aryl methyl sites for hydroxylation is 2. The molecule has 1 heterocycles. The van der Waals surface area contributed by atoms with Crippen molar-refractivity contribution >= 4 is 29.9 Å². The average molecular weight is 364 g/mol. The number of hydrogen-bond acceptors (Lipinski definition) is 5. The van der Waals surface area contributed by atoms with Crippen LogP contribution in [0.15, 0.2) is 54.6 Å². The number of anilines is 2. The highest BCUT2D eigenvalue weighted by molar-refractivity contribution is 7.80. The molecule has 3 aromatic rings. The van der Waals surface area contributed by atoms with Crippen LogP contribution >= 0.6 is 12.6 Å². The van der Waals surface area contributed by atoms with Crippen LogP contribution in [0.25, 0.3) is 0 Å². The third-order valence-electron chi connectivity index (χ3n) is 3.94. The Labute approximate surface area is 158 Å². The second-order valence-electron chi connectivity index (χ2n) is 6.07. The minimum Gasteiger partial charge on any atom is -0.397 e. The zero-order valence-corrected chi connectivity index (χ0v) is 15.5. The molecule has 1 unspecified atom stereocenters. The molecule has 2 aromatic carbocycles. The number of para-hydroxylation sites is 2. The second-order valence-corrected chi connectivity index (χ2v) is 6.59. The Morgan fingerprint density at radius 3 is 2.27 bits per heavy atom. The smallest absolute Gasteiger partial charge is 0.255 e. The fourth-order valence-corrected chi connectivity index (χ4v) is 2.93. The number of nitrogen functional groups attached to an aromatic ring is 1. The van der Waals surface area contributed by atoms with Gasteiger partial charge in [-0.25, -0.2) is 9.97 Å². The van der Waals surface area contributed by atoms with Gasteiger partial charge in [0.2, 0.25) is 0 Å². The molecule has 0 bridgehead atoms. The Kier molecular flexibility index (Phi) is 5.23. The van der Waals surface area contributed by atoms with Crippen molar-refractivity contribution in [2.75, 3.05) is 11.1 Å². The van der Waals surface area contributed by atoms with Crippen LogP contribution in [0.4, 0.5) is 11.4 Å². The Morgan fingerprint density at radius 1 is 1.04 bits per heavy atom. The van der Waals surface area contributed by atoms with Crippen molar-refractivity contribution in [1.29, 1.82) is 0 Å². The van der Waals surface area contributed by atoms with Crippen LogP contribution in [-0.4, -0.2) is 15.9 Å². The third-order valence-corrected chi connectivity index (χ3v) is 4.47. The Balaban J connectivity index is 1.77. The van der Waals surface area contributed by atoms with Gasteiger partial charge in [-0.05, 0) is 49.7 Å². The molecular weight excluding hydrogens is 344 g/mol. The molecule has 0 radical (unpaired) electrons. The number of carbonyl (C=O) groups is 1. The fourth-order valence-electron chi connectivity index (χ4n) is 2.65. The Bertz CT molecular complexity index is 921. The maximum atomic E-state index is 12.4. The van der Waals surface area contributed by atoms with E-state index in [1.807, 2.05) is 44.2 Å². The first-order valence-corrected chi connectivity index (χ1v) is 8.72. The standard InChI is InChI=1S/C20H20N4OS/c1-12-11-13(2)23-19(22-12)18(26)14-7-9-15(10-8-14)20(25)24-17-6-4-3-5-16(17)21/h3-11,18,26H,21H2,1-2H3,(H,24,25). The maximum absolute atomic E-state index is 12.4. The predicted octanol–water partition coefficient (Wildman–Crippen LogP) is 3.95. The van der Waals surface area contributed by atoms with Crippen LogP contribution in [0.2, 0.25) is 0 Å². The minimum atomic E-state index is -0.254. The summed E-state index contributed by atoms with van der Waals surface area (Å²) in [7, 11) is 0. The van der Waals surface area contributed by atoms with Gasteiger partial charge in [0.25, 0.3) is 5.91 Å². The van der Waals surface area contributed by atoms with E-state index in [0.29, 0.717) is 22.8 Å². The van der Waals surface area contributed by atoms with Crippen LogP contribution in [0.5, 0.6) is 0 Å². The first-order chi connectivity index (χ1) is 12.4. The highest BCUT2D eigenvalue weighted by Crippen LogP contribution is 2.26. The summed E-state index contributed by atoms with van der Waals surface area (Å²) in [5, 5.41) is 2.56. The van der Waals surface area contributed by atoms with Gasteiger partial charge in [0, 0.05) is 17.0 Å². The molecule has 0 fully saturated rings. The van der Waals surface area contributed by atoms with Gasteiger partial charge in [-0.2, -0.15) is 12.6 Å². The number of hydrogen-bond donors (Lipinski definition) is 3. The molecule has 3 rings (SSSR count). The fraction of sp³-hybridized carbons (Fsp3) is 0.150. The Morgan fingerprint density at radius 2 is 1.65 bits per heavy atom. The molecule has 0 aliphatic heterocycles. The van der Waals surface area contributed by atoms with Crippen LogP contribution < -0.4 is 11.1 Å². The average Bonchev–Trinajstić information content (AvgIpc) is 2.62. The molecule has 6 heteroatoms. The first kappa shape index (κ1) is 17.9. The van der Waals surface area contributed by atoms with E-state index >= 15 is 0 Å². The van der Waals surface area contributed by atoms with E-state index in [1.54, 1.807) is 24.3 Å². The molecule has 0 aliphatic carbocycles. The number of rotatable bonds is 4. The van der Waals surface area contributed by atoms with Crippen LogP contribution in [0.3, 0.4) is 0 Å². The summed E-state index contributed by atoms with van der Waals surface area (Å²) in [5.74, 6) is 0.438. The summed E-state index contributed by atoms with van der Waals surface area (Å²) in [6.45, 7) is 3.86. The van der Waals surface area contributed by atoms with Crippen molar-refractivity contribution in [2.24, 2.45) is 0 Å². The van der Waals surface area contributed by atoms with Gasteiger partial charge in [-0.3, -0.25) is 4.79 Å². The maximum Gasteiger partial charge on any atom is 0.255 e. The first-order valence-electron chi connectivity index (χ1n) is 8.20. The highest BCUT2D eigenvalue weighted by atomic mass is 32.1. The summed E-state index contributed by atoms with van der Waals surface area (Å²) in [5.41, 5.74) is 10.3. The van der Waals surface area contributed by atoms with E-state index in [0.717, 1.165) is 17.0 Å². The molecule has 0 spiro atoms. The highest BCUT2D eigenvalue weighted by Gasteiger charge is 2.15. The van der Waals surface area contributed by atoms with Crippen molar-refractivity contribution < 1.29 is 4.79 Å². The van der Waals surface area contributed by atoms with Gasteiger partial charge in [-0.15, -0.1) is 0 Å². The zero-order chi connectivity index (χ0) is 18.7. The number of nitrogens with one attached hydrogen (secondary N) is 1. The van der Waals surface area contributed by atoms with E-state index in [-0.39, 0.29) is 11.2 Å². The van der Waals surface area contributed by atoms with E-state index in [9.17, 15) is 4.79 Å². The number of thiol groups is 1. The lowest BCUT2D eigenvalue weighted by molar-refractivity contribution is 0.102. The lowest BCUT2D eigenvalue weighted by Gasteiger charge is -2.12. The molecule has 1 atom stereocenters. The molecule has 26 heavy (non-hydrogen) atoms. The van der Waals surface area contributed by atoms with Gasteiger partial charge in [0.15, 0.2) is 0 Å². The number of benzene rings is 2. The molecule has 0 aliphatic rings. The van der Waals surface area contributed by atoms with E-state index in [2.05, 4.69) is 27.9 Å². The molecular formula is C20H20N4OS. The monoisotopic (exact) mass is 364 g/mol. The lowest BCUT2D eigenvalue weighted by atomic mass is 10.1. The molecule has 1 amide bonds. The summed E-state index contributed by atoms with van der Waals surface area (Å²) < 4.78 is 0. The van der Waals surface area contributed by atoms with E-state index in [4.69, 9.17) is 5.73 Å². The summed E-state index contributed by atoms with van der Waals surface area (Å²) in [6.07, 6.45) is 0. The molecule has 132 valence electrons.